The Labute approximate surface area is 104 Å². The summed E-state index contributed by atoms with van der Waals surface area (Å²) in [5.74, 6) is -2.29. The van der Waals surface area contributed by atoms with Crippen LogP contribution >= 0.6 is 0 Å². The van der Waals surface area contributed by atoms with Crippen molar-refractivity contribution in [1.82, 2.24) is 5.32 Å². The van der Waals surface area contributed by atoms with Gasteiger partial charge in [-0.1, -0.05) is 13.3 Å². The molecule has 0 aliphatic carbocycles. The molecule has 1 unspecified atom stereocenters. The van der Waals surface area contributed by atoms with E-state index in [4.69, 9.17) is 5.11 Å². The molecule has 0 saturated heterocycles. The summed E-state index contributed by atoms with van der Waals surface area (Å²) in [6, 6.07) is 2.41. The van der Waals surface area contributed by atoms with Crippen LogP contribution < -0.4 is 5.32 Å². The Balaban J connectivity index is 2.83. The van der Waals surface area contributed by atoms with E-state index in [1.54, 1.807) is 0 Å². The smallest absolute Gasteiger partial charge is 0.326 e. The zero-order valence-electron chi connectivity index (χ0n) is 9.88. The zero-order chi connectivity index (χ0) is 13.7. The van der Waals surface area contributed by atoms with Gasteiger partial charge in [-0.3, -0.25) is 4.79 Å². The maximum absolute atomic E-state index is 11.7. The summed E-state index contributed by atoms with van der Waals surface area (Å²) in [7, 11) is 0. The van der Waals surface area contributed by atoms with Gasteiger partial charge in [-0.05, 0) is 18.6 Å². The monoisotopic (exact) mass is 253 g/mol. The maximum atomic E-state index is 11.7. The second-order valence-electron chi connectivity index (χ2n) is 3.89. The number of amides is 1. The average molecular weight is 253 g/mol. The molecule has 1 aromatic rings. The van der Waals surface area contributed by atoms with Crippen molar-refractivity contribution in [3.63, 3.8) is 0 Å². The van der Waals surface area contributed by atoms with Crippen LogP contribution in [0, 0.1) is 0 Å². The third-order valence-corrected chi connectivity index (χ3v) is 2.35. The standard InChI is InChI=1S/C12H15NO5/c1-2-3-10(12(17)18)13-11(16)7-4-8(14)6-9(15)5-7/h4-6,10,14-15H,2-3H2,1H3,(H,13,16)(H,17,18). The molecule has 6 heteroatoms. The number of phenols is 2. The van der Waals surface area contributed by atoms with Crippen LogP contribution in [0.2, 0.25) is 0 Å². The van der Waals surface area contributed by atoms with Crippen molar-refractivity contribution >= 4 is 11.9 Å². The minimum atomic E-state index is -1.12. The van der Waals surface area contributed by atoms with E-state index in [1.165, 1.54) is 0 Å². The number of carboxylic acid groups (broad SMARTS) is 1. The molecule has 6 nitrogen and oxygen atoms in total. The van der Waals surface area contributed by atoms with E-state index in [0.29, 0.717) is 12.8 Å². The molecule has 1 atom stereocenters. The van der Waals surface area contributed by atoms with Crippen LogP contribution in [0.4, 0.5) is 0 Å². The highest BCUT2D eigenvalue weighted by atomic mass is 16.4. The van der Waals surface area contributed by atoms with Crippen LogP contribution in [0.15, 0.2) is 18.2 Å². The van der Waals surface area contributed by atoms with Gasteiger partial charge in [0, 0.05) is 11.6 Å². The van der Waals surface area contributed by atoms with Gasteiger partial charge in [-0.25, -0.2) is 4.79 Å². The number of phenolic OH excluding ortho intramolecular Hbond substituents is 2. The number of rotatable bonds is 5. The van der Waals surface area contributed by atoms with Gasteiger partial charge in [-0.2, -0.15) is 0 Å². The number of carbonyl (C=O) groups excluding carboxylic acids is 1. The van der Waals surface area contributed by atoms with E-state index in [1.807, 2.05) is 6.92 Å². The lowest BCUT2D eigenvalue weighted by Gasteiger charge is -2.13. The summed E-state index contributed by atoms with van der Waals surface area (Å²) in [6.07, 6.45) is 0.925. The van der Waals surface area contributed by atoms with Gasteiger partial charge >= 0.3 is 5.97 Å². The first-order valence-corrected chi connectivity index (χ1v) is 5.50. The number of aromatic hydroxyl groups is 2. The number of hydrogen-bond donors (Lipinski definition) is 4. The predicted octanol–water partition coefficient (Wildman–Crippen LogP) is 1.08. The van der Waals surface area contributed by atoms with Gasteiger partial charge in [0.05, 0.1) is 0 Å². The molecule has 0 aliphatic heterocycles. The Morgan fingerprint density at radius 3 is 2.22 bits per heavy atom. The van der Waals surface area contributed by atoms with E-state index in [2.05, 4.69) is 5.32 Å². The molecule has 0 saturated carbocycles. The highest BCUT2D eigenvalue weighted by Gasteiger charge is 2.20. The van der Waals surface area contributed by atoms with Crippen LogP contribution in [0.3, 0.4) is 0 Å². The Morgan fingerprint density at radius 1 is 1.22 bits per heavy atom. The fourth-order valence-electron chi connectivity index (χ4n) is 1.51. The Bertz CT molecular complexity index is 438. The minimum absolute atomic E-state index is 0.00912. The predicted molar refractivity (Wildman–Crippen MR) is 63.6 cm³/mol. The van der Waals surface area contributed by atoms with Crippen molar-refractivity contribution in [2.45, 2.75) is 25.8 Å². The number of aliphatic carboxylic acids is 1. The molecule has 0 heterocycles. The van der Waals surface area contributed by atoms with Crippen molar-refractivity contribution in [2.75, 3.05) is 0 Å². The molecule has 0 fully saturated rings. The topological polar surface area (TPSA) is 107 Å². The molecule has 0 spiro atoms. The number of carboxylic acids is 1. The maximum Gasteiger partial charge on any atom is 0.326 e. The summed E-state index contributed by atoms with van der Waals surface area (Å²) in [5, 5.41) is 29.7. The van der Waals surface area contributed by atoms with Crippen LogP contribution in [0.25, 0.3) is 0 Å². The molecule has 0 aliphatic rings. The molecule has 0 radical (unpaired) electrons. The lowest BCUT2D eigenvalue weighted by molar-refractivity contribution is -0.139. The number of carbonyl (C=O) groups is 2. The van der Waals surface area contributed by atoms with Crippen molar-refractivity contribution in [3.8, 4) is 11.5 Å². The molecule has 4 N–H and O–H groups in total. The van der Waals surface area contributed by atoms with Crippen molar-refractivity contribution in [1.29, 1.82) is 0 Å². The Hall–Kier alpha value is -2.24. The first-order chi connectivity index (χ1) is 8.43. The van der Waals surface area contributed by atoms with Crippen LogP contribution in [0.5, 0.6) is 11.5 Å². The normalized spacial score (nSPS) is 11.8. The Kier molecular flexibility index (Phi) is 4.53. The zero-order valence-corrected chi connectivity index (χ0v) is 9.88. The van der Waals surface area contributed by atoms with Crippen LogP contribution in [-0.4, -0.2) is 33.2 Å². The molecular formula is C12H15NO5. The SMILES string of the molecule is CCCC(NC(=O)c1cc(O)cc(O)c1)C(=O)O. The average Bonchev–Trinajstić information content (AvgIpc) is 2.26. The highest BCUT2D eigenvalue weighted by molar-refractivity contribution is 5.97. The van der Waals surface area contributed by atoms with Gasteiger partial charge in [-0.15, -0.1) is 0 Å². The summed E-state index contributed by atoms with van der Waals surface area (Å²) < 4.78 is 0. The van der Waals surface area contributed by atoms with E-state index in [-0.39, 0.29) is 17.1 Å². The van der Waals surface area contributed by atoms with Gasteiger partial charge < -0.3 is 20.6 Å². The second-order valence-corrected chi connectivity index (χ2v) is 3.89. The van der Waals surface area contributed by atoms with Gasteiger partial charge in [0.15, 0.2) is 0 Å². The molecule has 0 aromatic heterocycles. The van der Waals surface area contributed by atoms with Crippen LogP contribution in [0.1, 0.15) is 30.1 Å². The highest BCUT2D eigenvalue weighted by Crippen LogP contribution is 2.20. The lowest BCUT2D eigenvalue weighted by Crippen LogP contribution is -2.40. The summed E-state index contributed by atoms with van der Waals surface area (Å²) >= 11 is 0. The lowest BCUT2D eigenvalue weighted by atomic mass is 10.1. The number of hydrogen-bond acceptors (Lipinski definition) is 4. The number of benzene rings is 1. The van der Waals surface area contributed by atoms with Gasteiger partial charge in [0.1, 0.15) is 17.5 Å². The fourth-order valence-corrected chi connectivity index (χ4v) is 1.51. The van der Waals surface area contributed by atoms with Crippen molar-refractivity contribution < 1.29 is 24.9 Å². The molecular weight excluding hydrogens is 238 g/mol. The molecule has 0 bridgehead atoms. The third-order valence-electron chi connectivity index (χ3n) is 2.35. The second kappa shape index (κ2) is 5.90. The van der Waals surface area contributed by atoms with Gasteiger partial charge in [0.25, 0.3) is 5.91 Å². The third kappa shape index (κ3) is 3.65. The van der Waals surface area contributed by atoms with E-state index < -0.39 is 17.9 Å². The summed E-state index contributed by atoms with van der Waals surface area (Å²) in [4.78, 5) is 22.6. The molecule has 1 rings (SSSR count). The molecule has 98 valence electrons. The summed E-state index contributed by atoms with van der Waals surface area (Å²) in [5.41, 5.74) is 0.00912. The Morgan fingerprint density at radius 2 is 1.78 bits per heavy atom. The van der Waals surface area contributed by atoms with E-state index in [9.17, 15) is 19.8 Å². The first-order valence-electron chi connectivity index (χ1n) is 5.50. The molecule has 1 amide bonds. The minimum Gasteiger partial charge on any atom is -0.508 e. The van der Waals surface area contributed by atoms with E-state index in [0.717, 1.165) is 18.2 Å². The largest absolute Gasteiger partial charge is 0.508 e. The fraction of sp³-hybridized carbons (Fsp3) is 0.333. The quantitative estimate of drug-likeness (QED) is 0.628. The van der Waals surface area contributed by atoms with Crippen molar-refractivity contribution in [3.05, 3.63) is 23.8 Å². The molecule has 18 heavy (non-hydrogen) atoms. The van der Waals surface area contributed by atoms with Gasteiger partial charge in [0.2, 0.25) is 0 Å². The van der Waals surface area contributed by atoms with E-state index >= 15 is 0 Å². The summed E-state index contributed by atoms with van der Waals surface area (Å²) in [6.45, 7) is 1.81. The molecule has 1 aromatic carbocycles. The number of nitrogens with one attached hydrogen (secondary N) is 1. The van der Waals surface area contributed by atoms with Crippen LogP contribution in [-0.2, 0) is 4.79 Å². The van der Waals surface area contributed by atoms with Crippen molar-refractivity contribution in [2.24, 2.45) is 0 Å². The first kappa shape index (κ1) is 13.8.